The number of aliphatic hydroxyl groups excluding tert-OH is 1. The summed E-state index contributed by atoms with van der Waals surface area (Å²) in [7, 11) is 0. The number of Topliss-reactive ketones (excluding diaryl/α,β-unsaturated/α-hetero) is 1. The van der Waals surface area contributed by atoms with Gasteiger partial charge in [0.05, 0.1) is 28.2 Å². The van der Waals surface area contributed by atoms with Gasteiger partial charge in [0.15, 0.2) is 0 Å². The van der Waals surface area contributed by atoms with Crippen molar-refractivity contribution in [3.8, 4) is 5.75 Å². The van der Waals surface area contributed by atoms with Gasteiger partial charge in [-0.3, -0.25) is 14.5 Å². The third-order valence-corrected chi connectivity index (χ3v) is 6.62. The number of carbonyl (C=O) groups is 2. The Bertz CT molecular complexity index is 1380. The van der Waals surface area contributed by atoms with E-state index in [0.717, 1.165) is 5.52 Å². The van der Waals surface area contributed by atoms with Crippen molar-refractivity contribution < 1.29 is 19.4 Å². The summed E-state index contributed by atoms with van der Waals surface area (Å²) in [5, 5.41) is 13.3. The highest BCUT2D eigenvalue weighted by molar-refractivity contribution is 7.10. The molecule has 1 amide bonds. The number of H-pyrrole nitrogens is 1. The molecule has 1 atom stereocenters. The number of ketones is 1. The predicted molar refractivity (Wildman–Crippen MR) is 128 cm³/mol. The lowest BCUT2D eigenvalue weighted by molar-refractivity contribution is -0.132. The lowest BCUT2D eigenvalue weighted by atomic mass is 9.99. The molecule has 3 heterocycles. The molecule has 1 unspecified atom stereocenters. The molecule has 9 heteroatoms. The molecular weight excluding hydrogens is 462 g/mol. The topological polar surface area (TPSA) is 95.5 Å². The lowest BCUT2D eigenvalue weighted by Gasteiger charge is -2.21. The van der Waals surface area contributed by atoms with E-state index in [4.69, 9.17) is 16.3 Å². The summed E-state index contributed by atoms with van der Waals surface area (Å²) in [5.74, 6) is -1.25. The molecule has 2 aromatic heterocycles. The van der Waals surface area contributed by atoms with Gasteiger partial charge in [-0.2, -0.15) is 0 Å². The first kappa shape index (κ1) is 21.2. The molecule has 4 aromatic rings. The van der Waals surface area contributed by atoms with Crippen LogP contribution in [0.1, 0.15) is 23.4 Å². The lowest BCUT2D eigenvalue weighted by Crippen LogP contribution is -2.30. The van der Waals surface area contributed by atoms with Gasteiger partial charge < -0.3 is 14.8 Å². The number of benzene rings is 2. The number of thiophene rings is 1. The van der Waals surface area contributed by atoms with Crippen molar-refractivity contribution in [3.05, 3.63) is 81.0 Å². The number of aromatic amines is 1. The van der Waals surface area contributed by atoms with Gasteiger partial charge in [0, 0.05) is 10.4 Å². The van der Waals surface area contributed by atoms with Gasteiger partial charge in [0.25, 0.3) is 5.78 Å². The molecular formula is C24H18ClN3O4S. The van der Waals surface area contributed by atoms with Gasteiger partial charge >= 0.3 is 5.91 Å². The van der Waals surface area contributed by atoms with Crippen molar-refractivity contribution in [2.75, 3.05) is 11.5 Å². The van der Waals surface area contributed by atoms with Crippen molar-refractivity contribution in [2.45, 2.75) is 13.0 Å². The molecule has 5 rings (SSSR count). The first-order chi connectivity index (χ1) is 16.0. The fourth-order valence-corrected chi connectivity index (χ4v) is 4.94. The van der Waals surface area contributed by atoms with Crippen LogP contribution in [0, 0.1) is 0 Å². The third kappa shape index (κ3) is 3.57. The number of imidazole rings is 1. The Hall–Kier alpha value is -3.62. The van der Waals surface area contributed by atoms with Crippen molar-refractivity contribution in [1.29, 1.82) is 0 Å². The minimum absolute atomic E-state index is 0.0570. The van der Waals surface area contributed by atoms with Crippen LogP contribution in [-0.2, 0) is 9.59 Å². The van der Waals surface area contributed by atoms with Gasteiger partial charge in [-0.1, -0.05) is 29.8 Å². The van der Waals surface area contributed by atoms with Crippen LogP contribution in [0.5, 0.6) is 5.75 Å². The van der Waals surface area contributed by atoms with E-state index in [1.807, 2.05) is 48.7 Å². The molecule has 0 radical (unpaired) electrons. The minimum atomic E-state index is -0.864. The van der Waals surface area contributed by atoms with E-state index in [1.54, 1.807) is 18.2 Å². The average molecular weight is 480 g/mol. The molecule has 166 valence electrons. The Morgan fingerprint density at radius 2 is 2.03 bits per heavy atom. The fraction of sp³-hybridized carbons (Fsp3) is 0.125. The Balaban J connectivity index is 1.71. The zero-order chi connectivity index (χ0) is 23.1. The molecule has 33 heavy (non-hydrogen) atoms. The first-order valence-electron chi connectivity index (χ1n) is 10.2. The first-order valence-corrected chi connectivity index (χ1v) is 11.5. The zero-order valence-electron chi connectivity index (χ0n) is 17.4. The quantitative estimate of drug-likeness (QED) is 0.230. The minimum Gasteiger partial charge on any atom is -0.507 e. The summed E-state index contributed by atoms with van der Waals surface area (Å²) in [4.78, 5) is 36.1. The number of halogens is 1. The molecule has 2 N–H and O–H groups in total. The van der Waals surface area contributed by atoms with E-state index in [-0.39, 0.29) is 27.9 Å². The highest BCUT2D eigenvalue weighted by Gasteiger charge is 2.48. The second kappa shape index (κ2) is 8.38. The van der Waals surface area contributed by atoms with E-state index in [0.29, 0.717) is 22.8 Å². The van der Waals surface area contributed by atoms with Gasteiger partial charge in [-0.15, -0.1) is 11.3 Å². The fourth-order valence-electron chi connectivity index (χ4n) is 3.91. The number of ether oxygens (including phenoxy) is 1. The van der Waals surface area contributed by atoms with E-state index >= 15 is 0 Å². The summed E-state index contributed by atoms with van der Waals surface area (Å²) in [6.45, 7) is 2.26. The molecule has 0 aliphatic carbocycles. The summed E-state index contributed by atoms with van der Waals surface area (Å²) in [5.41, 5.74) is 1.55. The van der Waals surface area contributed by atoms with Crippen LogP contribution in [0.25, 0.3) is 16.8 Å². The molecule has 1 saturated heterocycles. The maximum atomic E-state index is 13.2. The van der Waals surface area contributed by atoms with Gasteiger partial charge in [-0.05, 0) is 48.7 Å². The average Bonchev–Trinajstić information content (AvgIpc) is 3.53. The Kier molecular flexibility index (Phi) is 5.39. The molecule has 0 saturated carbocycles. The van der Waals surface area contributed by atoms with Gasteiger partial charge in [0.2, 0.25) is 5.95 Å². The predicted octanol–water partition coefficient (Wildman–Crippen LogP) is 5.30. The number of hydrogen-bond donors (Lipinski definition) is 2. The maximum Gasteiger partial charge on any atom is 0.302 e. The van der Waals surface area contributed by atoms with Crippen molar-refractivity contribution >= 4 is 57.4 Å². The van der Waals surface area contributed by atoms with Gasteiger partial charge in [0.1, 0.15) is 17.6 Å². The summed E-state index contributed by atoms with van der Waals surface area (Å²) in [6, 6.07) is 14.9. The Labute approximate surface area is 197 Å². The maximum absolute atomic E-state index is 13.2. The third-order valence-electron chi connectivity index (χ3n) is 5.37. The van der Waals surface area contributed by atoms with Crippen LogP contribution in [0.3, 0.4) is 0 Å². The van der Waals surface area contributed by atoms with E-state index in [1.165, 1.54) is 16.2 Å². The zero-order valence-corrected chi connectivity index (χ0v) is 19.0. The second-order valence-corrected chi connectivity index (χ2v) is 8.72. The number of amides is 1. The number of rotatable bonds is 5. The summed E-state index contributed by atoms with van der Waals surface area (Å²) in [6.07, 6.45) is 0. The van der Waals surface area contributed by atoms with Crippen LogP contribution < -0.4 is 9.64 Å². The molecule has 1 aliphatic rings. The van der Waals surface area contributed by atoms with Crippen molar-refractivity contribution in [3.63, 3.8) is 0 Å². The van der Waals surface area contributed by atoms with Crippen LogP contribution in [0.15, 0.2) is 65.6 Å². The van der Waals surface area contributed by atoms with Gasteiger partial charge in [-0.25, -0.2) is 4.98 Å². The molecule has 7 nitrogen and oxygen atoms in total. The summed E-state index contributed by atoms with van der Waals surface area (Å²) >= 11 is 7.73. The number of nitrogens with one attached hydrogen (secondary N) is 1. The molecule has 1 fully saturated rings. The van der Waals surface area contributed by atoms with Crippen molar-refractivity contribution in [1.82, 2.24) is 9.97 Å². The number of hydrogen-bond acceptors (Lipinski definition) is 6. The number of aliphatic hydroxyl groups is 1. The highest BCUT2D eigenvalue weighted by atomic mass is 35.5. The Morgan fingerprint density at radius 1 is 1.21 bits per heavy atom. The molecule has 1 aliphatic heterocycles. The number of nitrogens with zero attached hydrogens (tertiary/aromatic N) is 2. The largest absolute Gasteiger partial charge is 0.507 e. The monoisotopic (exact) mass is 479 g/mol. The molecule has 0 spiro atoms. The number of carbonyl (C=O) groups excluding carboxylic acids is 2. The van der Waals surface area contributed by atoms with Crippen molar-refractivity contribution in [2.24, 2.45) is 0 Å². The Morgan fingerprint density at radius 3 is 2.76 bits per heavy atom. The van der Waals surface area contributed by atoms with E-state index in [9.17, 15) is 14.7 Å². The summed E-state index contributed by atoms with van der Waals surface area (Å²) < 4.78 is 5.52. The smallest absolute Gasteiger partial charge is 0.302 e. The van der Waals surface area contributed by atoms with E-state index in [2.05, 4.69) is 9.97 Å². The van der Waals surface area contributed by atoms with Crippen LogP contribution >= 0.6 is 22.9 Å². The van der Waals surface area contributed by atoms with Crippen LogP contribution in [-0.4, -0.2) is 33.4 Å². The van der Waals surface area contributed by atoms with E-state index < -0.39 is 17.7 Å². The van der Waals surface area contributed by atoms with Crippen LogP contribution in [0.4, 0.5) is 5.95 Å². The molecule has 2 aromatic carbocycles. The number of aromatic nitrogens is 2. The second-order valence-electron chi connectivity index (χ2n) is 7.34. The number of anilines is 1. The standard InChI is InChI=1S/C24H18ClN3O4S/c1-2-32-13-9-10-15(25)14(12-13)21(29)19-20(18-8-5-11-33-18)28(23(31)22(19)30)24-26-16-6-3-4-7-17(16)27-24/h3-12,20,29H,2H2,1H3,(H,26,27)/b21-19+. The SMILES string of the molecule is CCOc1ccc(Cl)c(/C(O)=C2\C(=O)C(=O)N(c3nc4ccccc4[nH]3)C2c2cccs2)c1. The normalized spacial score (nSPS) is 17.8. The number of fused-ring (bicyclic) bond motifs is 1. The van der Waals surface area contributed by atoms with Crippen LogP contribution in [0.2, 0.25) is 5.02 Å². The highest BCUT2D eigenvalue weighted by Crippen LogP contribution is 2.44. The number of para-hydroxylation sites is 2. The molecule has 0 bridgehead atoms.